The largest absolute Gasteiger partial charge is 0.344 e. The molecule has 64 heavy (non-hydrogen) atoms. The summed E-state index contributed by atoms with van der Waals surface area (Å²) in [6.45, 7) is 0. The summed E-state index contributed by atoms with van der Waals surface area (Å²) in [5.74, 6) is 1.50. The molecule has 1 aliphatic rings. The van der Waals surface area contributed by atoms with Gasteiger partial charge in [-0.1, -0.05) is 218 Å². The Morgan fingerprint density at radius 3 is 1.56 bits per heavy atom. The smallest absolute Gasteiger partial charge is 0.159 e. The molecule has 1 atom stereocenters. The molecule has 3 nitrogen and oxygen atoms in total. The first-order valence-corrected chi connectivity index (χ1v) is 21.9. The van der Waals surface area contributed by atoms with Crippen LogP contribution in [-0.2, 0) is 0 Å². The maximum Gasteiger partial charge on any atom is 0.159 e. The van der Waals surface area contributed by atoms with Crippen LogP contribution in [0.3, 0.4) is 0 Å². The molecule has 1 unspecified atom stereocenters. The van der Waals surface area contributed by atoms with Gasteiger partial charge in [0.2, 0.25) is 0 Å². The van der Waals surface area contributed by atoms with Gasteiger partial charge >= 0.3 is 0 Å². The molecular weight excluding hydrogens is 775 g/mol. The topological polar surface area (TPSA) is 36.8 Å². The van der Waals surface area contributed by atoms with Crippen molar-refractivity contribution in [2.75, 3.05) is 0 Å². The van der Waals surface area contributed by atoms with Crippen molar-refractivity contribution in [2.24, 2.45) is 9.98 Å². The molecule has 11 aromatic carbocycles. The Kier molecular flexibility index (Phi) is 9.23. The fourth-order valence-corrected chi connectivity index (χ4v) is 9.58. The number of nitrogens with one attached hydrogen (secondary N) is 1. The molecule has 0 fully saturated rings. The SMILES string of the molecule is c1ccc(C2=NC(c3ccc(-c4ccccc4)cc3)=NC(c3cccc(-c4ccc5ccccc5c4-c4cccc(-c5ccc6c7ccccc7c7ccccc7c6c5)c4)c3)N2)cc1. The Morgan fingerprint density at radius 1 is 0.312 bits per heavy atom. The molecule has 0 bridgehead atoms. The number of nitrogens with zero attached hydrogens (tertiary/aromatic N) is 2. The van der Waals surface area contributed by atoms with Crippen molar-refractivity contribution in [3.05, 3.63) is 253 Å². The number of hydrogen-bond donors (Lipinski definition) is 1. The lowest BCUT2D eigenvalue weighted by Gasteiger charge is -2.24. The van der Waals surface area contributed by atoms with E-state index in [9.17, 15) is 0 Å². The second-order valence-electron chi connectivity index (χ2n) is 16.5. The van der Waals surface area contributed by atoms with Crippen LogP contribution in [0.5, 0.6) is 0 Å². The number of rotatable bonds is 7. The van der Waals surface area contributed by atoms with E-state index >= 15 is 0 Å². The number of amidine groups is 2. The average Bonchev–Trinajstić information content (AvgIpc) is 3.38. The summed E-state index contributed by atoms with van der Waals surface area (Å²) < 4.78 is 0. The Hall–Kier alpha value is -8.40. The first-order chi connectivity index (χ1) is 31.7. The Morgan fingerprint density at radius 2 is 0.828 bits per heavy atom. The van der Waals surface area contributed by atoms with Crippen LogP contribution in [0.25, 0.3) is 87.6 Å². The van der Waals surface area contributed by atoms with Gasteiger partial charge in [-0.25, -0.2) is 9.98 Å². The monoisotopic (exact) mass is 815 g/mol. The molecule has 0 aromatic heterocycles. The quantitative estimate of drug-likeness (QED) is 0.160. The van der Waals surface area contributed by atoms with Crippen LogP contribution in [0.4, 0.5) is 0 Å². The van der Waals surface area contributed by atoms with Crippen molar-refractivity contribution in [3.8, 4) is 44.5 Å². The lowest BCUT2D eigenvalue weighted by atomic mass is 9.87. The van der Waals surface area contributed by atoms with E-state index in [1.807, 2.05) is 12.1 Å². The summed E-state index contributed by atoms with van der Waals surface area (Å²) in [4.78, 5) is 10.4. The summed E-state index contributed by atoms with van der Waals surface area (Å²) in [5.41, 5.74) is 12.4. The zero-order valence-electron chi connectivity index (χ0n) is 35.0. The molecule has 1 aliphatic heterocycles. The highest BCUT2D eigenvalue weighted by molar-refractivity contribution is 6.25. The van der Waals surface area contributed by atoms with E-state index in [0.717, 1.165) is 33.7 Å². The fourth-order valence-electron chi connectivity index (χ4n) is 9.58. The molecule has 0 spiro atoms. The van der Waals surface area contributed by atoms with Crippen LogP contribution >= 0.6 is 0 Å². The van der Waals surface area contributed by atoms with Crippen molar-refractivity contribution in [2.45, 2.75) is 6.17 Å². The number of fused-ring (bicyclic) bond motifs is 7. The van der Waals surface area contributed by atoms with Crippen LogP contribution in [0, 0.1) is 0 Å². The van der Waals surface area contributed by atoms with Gasteiger partial charge in [-0.2, -0.15) is 0 Å². The summed E-state index contributed by atoms with van der Waals surface area (Å²) in [6, 6.07) is 85.1. The van der Waals surface area contributed by atoms with Crippen LogP contribution in [-0.4, -0.2) is 11.7 Å². The molecule has 11 aromatic rings. The van der Waals surface area contributed by atoms with E-state index in [2.05, 4.69) is 230 Å². The van der Waals surface area contributed by atoms with Gasteiger partial charge in [-0.3, -0.25) is 0 Å². The van der Waals surface area contributed by atoms with Gasteiger partial charge < -0.3 is 5.32 Å². The second kappa shape index (κ2) is 15.8. The van der Waals surface area contributed by atoms with Crippen molar-refractivity contribution in [3.63, 3.8) is 0 Å². The normalized spacial score (nSPS) is 13.8. The minimum absolute atomic E-state index is 0.357. The molecule has 0 aliphatic carbocycles. The zero-order chi connectivity index (χ0) is 42.4. The van der Waals surface area contributed by atoms with E-state index < -0.39 is 0 Å². The van der Waals surface area contributed by atoms with E-state index in [1.54, 1.807) is 0 Å². The highest BCUT2D eigenvalue weighted by Gasteiger charge is 2.22. The molecular formula is C61H41N3. The standard InChI is InChI=1S/C61H41N3/c1-3-15-40(16-4-1)41-29-31-44(32-30-41)60-62-59(43-18-5-2-6-19-43)63-61(64-60)49-23-14-21-47(38-49)51-35-33-42-17-7-8-24-50(42)58(51)48-22-13-20-45(37-48)46-34-36-56-54-27-10-9-25-52(54)53-26-11-12-28-55(53)57(56)39-46/h1-39,61H,(H,62,63,64). The lowest BCUT2D eigenvalue weighted by Crippen LogP contribution is -2.33. The third kappa shape index (κ3) is 6.72. The highest BCUT2D eigenvalue weighted by Crippen LogP contribution is 2.42. The van der Waals surface area contributed by atoms with E-state index in [4.69, 9.17) is 9.98 Å². The lowest BCUT2D eigenvalue weighted by molar-refractivity contribution is 0.674. The zero-order valence-corrected chi connectivity index (χ0v) is 35.0. The average molecular weight is 816 g/mol. The molecule has 12 rings (SSSR count). The highest BCUT2D eigenvalue weighted by atomic mass is 15.2. The van der Waals surface area contributed by atoms with Gasteiger partial charge in [0.25, 0.3) is 0 Å². The van der Waals surface area contributed by atoms with Gasteiger partial charge in [0.15, 0.2) is 5.84 Å². The first kappa shape index (κ1) is 37.4. The fraction of sp³-hybridized carbons (Fsp3) is 0.0164. The predicted molar refractivity (Wildman–Crippen MR) is 270 cm³/mol. The maximum absolute atomic E-state index is 5.29. The Balaban J connectivity index is 0.957. The van der Waals surface area contributed by atoms with Gasteiger partial charge in [-0.05, 0) is 111 Å². The summed E-state index contributed by atoms with van der Waals surface area (Å²) in [7, 11) is 0. The molecule has 300 valence electrons. The van der Waals surface area contributed by atoms with E-state index in [-0.39, 0.29) is 6.17 Å². The van der Waals surface area contributed by atoms with Gasteiger partial charge in [-0.15, -0.1) is 0 Å². The van der Waals surface area contributed by atoms with Crippen LogP contribution in [0.15, 0.2) is 247 Å². The first-order valence-electron chi connectivity index (χ1n) is 21.9. The molecule has 0 saturated heterocycles. The molecule has 0 amide bonds. The van der Waals surface area contributed by atoms with Crippen LogP contribution in [0.2, 0.25) is 0 Å². The second-order valence-corrected chi connectivity index (χ2v) is 16.5. The number of benzene rings is 11. The molecule has 1 N–H and O–H groups in total. The molecule has 0 radical (unpaired) electrons. The summed E-state index contributed by atoms with van der Waals surface area (Å²) in [6.07, 6.45) is -0.357. The van der Waals surface area contributed by atoms with E-state index in [1.165, 1.54) is 76.5 Å². The van der Waals surface area contributed by atoms with Crippen LogP contribution in [0.1, 0.15) is 22.9 Å². The maximum atomic E-state index is 5.29. The minimum atomic E-state index is -0.357. The van der Waals surface area contributed by atoms with E-state index in [0.29, 0.717) is 5.84 Å². The van der Waals surface area contributed by atoms with Gasteiger partial charge in [0, 0.05) is 11.1 Å². The Bertz CT molecular complexity index is 3590. The predicted octanol–water partition coefficient (Wildman–Crippen LogP) is 15.5. The van der Waals surface area contributed by atoms with Crippen molar-refractivity contribution < 1.29 is 0 Å². The molecule has 1 heterocycles. The summed E-state index contributed by atoms with van der Waals surface area (Å²) in [5, 5.41) is 13.8. The van der Waals surface area contributed by atoms with Crippen LogP contribution < -0.4 is 5.32 Å². The van der Waals surface area contributed by atoms with Crippen molar-refractivity contribution in [1.82, 2.24) is 5.32 Å². The van der Waals surface area contributed by atoms with Gasteiger partial charge in [0.05, 0.1) is 0 Å². The minimum Gasteiger partial charge on any atom is -0.344 e. The number of aliphatic imine (C=N–C) groups is 2. The van der Waals surface area contributed by atoms with Crippen molar-refractivity contribution in [1.29, 1.82) is 0 Å². The molecule has 0 saturated carbocycles. The van der Waals surface area contributed by atoms with Crippen molar-refractivity contribution >= 4 is 54.8 Å². The third-order valence-corrected chi connectivity index (χ3v) is 12.7. The molecule has 3 heteroatoms. The van der Waals surface area contributed by atoms with Gasteiger partial charge in [0.1, 0.15) is 12.0 Å². The third-order valence-electron chi connectivity index (χ3n) is 12.7. The Labute approximate surface area is 372 Å². The summed E-state index contributed by atoms with van der Waals surface area (Å²) >= 11 is 0. The number of hydrogen-bond acceptors (Lipinski definition) is 3.